The molecule has 1 aromatic heterocycles. The lowest BCUT2D eigenvalue weighted by atomic mass is 9.91. The molecule has 0 radical (unpaired) electrons. The molecule has 0 saturated carbocycles. The maximum Gasteiger partial charge on any atom is 0.0644 e. The van der Waals surface area contributed by atoms with Crippen LogP contribution in [0.2, 0.25) is 0 Å². The highest BCUT2D eigenvalue weighted by atomic mass is 16.5. The topological polar surface area (TPSA) is 39.1 Å². The summed E-state index contributed by atoms with van der Waals surface area (Å²) in [7, 11) is 4.03. The molecular formula is C12H21N3O. The van der Waals surface area contributed by atoms with E-state index in [0.717, 1.165) is 25.3 Å². The maximum atomic E-state index is 5.48. The van der Waals surface area contributed by atoms with Gasteiger partial charge in [-0.15, -0.1) is 0 Å². The van der Waals surface area contributed by atoms with Gasteiger partial charge in [0, 0.05) is 36.9 Å². The minimum Gasteiger partial charge on any atom is -0.381 e. The Labute approximate surface area is 97.0 Å². The number of nitrogens with zero attached hydrogens (tertiary/aromatic N) is 2. The summed E-state index contributed by atoms with van der Waals surface area (Å²) in [5.74, 6) is 0.576. The molecule has 2 atom stereocenters. The van der Waals surface area contributed by atoms with Gasteiger partial charge in [-0.25, -0.2) is 0 Å². The van der Waals surface area contributed by atoms with Gasteiger partial charge in [-0.2, -0.15) is 5.10 Å². The van der Waals surface area contributed by atoms with Crippen molar-refractivity contribution in [2.45, 2.75) is 26.3 Å². The second-order valence-electron chi connectivity index (χ2n) is 4.60. The van der Waals surface area contributed by atoms with Crippen LogP contribution in [0.25, 0.3) is 0 Å². The largest absolute Gasteiger partial charge is 0.381 e. The van der Waals surface area contributed by atoms with Gasteiger partial charge in [-0.05, 0) is 27.3 Å². The van der Waals surface area contributed by atoms with Gasteiger partial charge in [0.2, 0.25) is 0 Å². The van der Waals surface area contributed by atoms with Crippen LogP contribution in [-0.4, -0.2) is 30.0 Å². The molecule has 90 valence electrons. The lowest BCUT2D eigenvalue weighted by molar-refractivity contribution is 0.177. The summed E-state index contributed by atoms with van der Waals surface area (Å²) in [5, 5.41) is 7.91. The Morgan fingerprint density at radius 3 is 2.69 bits per heavy atom. The van der Waals surface area contributed by atoms with Crippen molar-refractivity contribution >= 4 is 0 Å². The molecule has 1 N–H and O–H groups in total. The Bertz CT molecular complexity index is 367. The molecule has 4 heteroatoms. The molecule has 0 amide bonds. The average Bonchev–Trinajstić information content (AvgIpc) is 2.84. The van der Waals surface area contributed by atoms with Crippen LogP contribution in [0.5, 0.6) is 0 Å². The van der Waals surface area contributed by atoms with Gasteiger partial charge in [-0.1, -0.05) is 0 Å². The van der Waals surface area contributed by atoms with E-state index in [1.54, 1.807) is 0 Å². The second kappa shape index (κ2) is 4.55. The first-order chi connectivity index (χ1) is 7.65. The van der Waals surface area contributed by atoms with Crippen LogP contribution in [0.3, 0.4) is 0 Å². The smallest absolute Gasteiger partial charge is 0.0644 e. The Kier molecular flexibility index (Phi) is 3.30. The van der Waals surface area contributed by atoms with Gasteiger partial charge in [-0.3, -0.25) is 4.68 Å². The first-order valence-corrected chi connectivity index (χ1v) is 5.90. The van der Waals surface area contributed by atoms with Gasteiger partial charge in [0.15, 0.2) is 0 Å². The molecule has 1 fully saturated rings. The highest BCUT2D eigenvalue weighted by Gasteiger charge is 2.29. The molecule has 2 heterocycles. The standard InChI is InChI=1S/C12H21N3O/c1-8-11(9(2)15(4)14-8)12(13-3)10-5-6-16-7-10/h10,12-13H,5-7H2,1-4H3. The van der Waals surface area contributed by atoms with Gasteiger partial charge < -0.3 is 10.1 Å². The maximum absolute atomic E-state index is 5.48. The third-order valence-corrected chi connectivity index (χ3v) is 3.62. The lowest BCUT2D eigenvalue weighted by Gasteiger charge is -2.22. The van der Waals surface area contributed by atoms with Crippen LogP contribution in [0.15, 0.2) is 0 Å². The monoisotopic (exact) mass is 223 g/mol. The van der Waals surface area contributed by atoms with E-state index in [-0.39, 0.29) is 0 Å². The minimum absolute atomic E-state index is 0.371. The molecule has 0 aromatic carbocycles. The lowest BCUT2D eigenvalue weighted by Crippen LogP contribution is -2.26. The van der Waals surface area contributed by atoms with Crippen LogP contribution in [0.4, 0.5) is 0 Å². The minimum atomic E-state index is 0.371. The van der Waals surface area contributed by atoms with E-state index in [0.29, 0.717) is 12.0 Å². The predicted molar refractivity (Wildman–Crippen MR) is 63.4 cm³/mol. The van der Waals surface area contributed by atoms with Crippen molar-refractivity contribution in [3.05, 3.63) is 17.0 Å². The summed E-state index contributed by atoms with van der Waals surface area (Å²) >= 11 is 0. The molecule has 2 rings (SSSR count). The number of hydrogen-bond acceptors (Lipinski definition) is 3. The van der Waals surface area contributed by atoms with E-state index in [4.69, 9.17) is 4.74 Å². The average molecular weight is 223 g/mol. The Morgan fingerprint density at radius 1 is 1.50 bits per heavy atom. The molecule has 1 saturated heterocycles. The van der Waals surface area contributed by atoms with Crippen molar-refractivity contribution in [3.8, 4) is 0 Å². The molecule has 1 aliphatic heterocycles. The van der Waals surface area contributed by atoms with Crippen LogP contribution >= 0.6 is 0 Å². The quantitative estimate of drug-likeness (QED) is 0.840. The molecule has 16 heavy (non-hydrogen) atoms. The molecule has 0 aliphatic carbocycles. The van der Waals surface area contributed by atoms with E-state index in [2.05, 4.69) is 24.3 Å². The summed E-state index contributed by atoms with van der Waals surface area (Å²) in [6.45, 7) is 5.97. The van der Waals surface area contributed by atoms with Crippen LogP contribution in [0, 0.1) is 19.8 Å². The number of nitrogens with one attached hydrogen (secondary N) is 1. The van der Waals surface area contributed by atoms with E-state index >= 15 is 0 Å². The zero-order chi connectivity index (χ0) is 11.7. The number of rotatable bonds is 3. The molecule has 0 bridgehead atoms. The normalized spacial score (nSPS) is 22.6. The van der Waals surface area contributed by atoms with Crippen molar-refractivity contribution in [1.29, 1.82) is 0 Å². The van der Waals surface area contributed by atoms with E-state index in [1.807, 2.05) is 18.8 Å². The first-order valence-electron chi connectivity index (χ1n) is 5.90. The Hall–Kier alpha value is -0.870. The summed E-state index contributed by atoms with van der Waals surface area (Å²) in [6.07, 6.45) is 1.14. The van der Waals surface area contributed by atoms with E-state index in [9.17, 15) is 0 Å². The van der Waals surface area contributed by atoms with Gasteiger partial charge in [0.25, 0.3) is 0 Å². The number of hydrogen-bond donors (Lipinski definition) is 1. The van der Waals surface area contributed by atoms with Gasteiger partial charge in [0.05, 0.1) is 12.3 Å². The fourth-order valence-corrected chi connectivity index (χ4v) is 2.67. The van der Waals surface area contributed by atoms with Gasteiger partial charge >= 0.3 is 0 Å². The molecule has 0 spiro atoms. The van der Waals surface area contributed by atoms with E-state index in [1.165, 1.54) is 11.3 Å². The van der Waals surface area contributed by atoms with Crippen LogP contribution in [-0.2, 0) is 11.8 Å². The molecule has 4 nitrogen and oxygen atoms in total. The van der Waals surface area contributed by atoms with E-state index < -0.39 is 0 Å². The van der Waals surface area contributed by atoms with Crippen molar-refractivity contribution in [1.82, 2.24) is 15.1 Å². The summed E-state index contributed by atoms with van der Waals surface area (Å²) in [6, 6.07) is 0.371. The second-order valence-corrected chi connectivity index (χ2v) is 4.60. The predicted octanol–water partition coefficient (Wildman–Crippen LogP) is 1.33. The molecular weight excluding hydrogens is 202 g/mol. The SMILES string of the molecule is CNC(c1c(C)nn(C)c1C)C1CCOC1. The fourth-order valence-electron chi connectivity index (χ4n) is 2.67. The zero-order valence-corrected chi connectivity index (χ0v) is 10.6. The third-order valence-electron chi connectivity index (χ3n) is 3.62. The zero-order valence-electron chi connectivity index (χ0n) is 10.6. The van der Waals surface area contributed by atoms with Crippen molar-refractivity contribution < 1.29 is 4.74 Å². The van der Waals surface area contributed by atoms with Crippen molar-refractivity contribution in [2.75, 3.05) is 20.3 Å². The highest BCUT2D eigenvalue weighted by Crippen LogP contribution is 2.31. The molecule has 2 unspecified atom stereocenters. The number of aromatic nitrogens is 2. The highest BCUT2D eigenvalue weighted by molar-refractivity contribution is 5.29. The van der Waals surface area contributed by atoms with Crippen molar-refractivity contribution in [3.63, 3.8) is 0 Å². The Balaban J connectivity index is 2.32. The number of ether oxygens (including phenoxy) is 1. The molecule has 1 aromatic rings. The third kappa shape index (κ3) is 1.87. The van der Waals surface area contributed by atoms with Crippen LogP contribution in [0.1, 0.15) is 29.4 Å². The first kappa shape index (κ1) is 11.6. The van der Waals surface area contributed by atoms with Crippen LogP contribution < -0.4 is 5.32 Å². The number of aryl methyl sites for hydroxylation is 2. The fraction of sp³-hybridized carbons (Fsp3) is 0.750. The van der Waals surface area contributed by atoms with Crippen molar-refractivity contribution in [2.24, 2.45) is 13.0 Å². The Morgan fingerprint density at radius 2 is 2.25 bits per heavy atom. The van der Waals surface area contributed by atoms with Gasteiger partial charge in [0.1, 0.15) is 0 Å². The summed E-state index contributed by atoms with van der Waals surface area (Å²) in [5.41, 5.74) is 3.73. The summed E-state index contributed by atoms with van der Waals surface area (Å²) < 4.78 is 7.44. The molecule has 1 aliphatic rings. The summed E-state index contributed by atoms with van der Waals surface area (Å²) in [4.78, 5) is 0.